The number of hydrogen-bond donors (Lipinski definition) is 1. The summed E-state index contributed by atoms with van der Waals surface area (Å²) in [6.07, 6.45) is -2.31. The molecule has 192 valence electrons. The summed E-state index contributed by atoms with van der Waals surface area (Å²) in [5.41, 5.74) is 1.27. The Morgan fingerprint density at radius 2 is 1.69 bits per heavy atom. The number of carbonyl (C=O) groups is 1. The lowest BCUT2D eigenvalue weighted by Crippen LogP contribution is -2.34. The second kappa shape index (κ2) is 10.1. The molecule has 1 N–H and O–H groups in total. The van der Waals surface area contributed by atoms with Gasteiger partial charge in [0, 0.05) is 0 Å². The molecule has 4 rings (SSSR count). The van der Waals surface area contributed by atoms with Crippen LogP contribution in [0.3, 0.4) is 0 Å². The van der Waals surface area contributed by atoms with Gasteiger partial charge in [0.2, 0.25) is 11.6 Å². The van der Waals surface area contributed by atoms with Gasteiger partial charge in [0.25, 0.3) is 0 Å². The smallest absolute Gasteiger partial charge is 0.497 e. The number of aromatic carboxylic acids is 1. The zero-order chi connectivity index (χ0) is 25.9. The zero-order valence-corrected chi connectivity index (χ0v) is 19.8. The zero-order valence-electron chi connectivity index (χ0n) is 19.8. The van der Waals surface area contributed by atoms with E-state index in [1.165, 1.54) is 16.8 Å². The Hall–Kier alpha value is -3.76. The highest BCUT2D eigenvalue weighted by Crippen LogP contribution is 2.41. The first-order valence-corrected chi connectivity index (χ1v) is 11.4. The molecule has 2 aromatic carbocycles. The van der Waals surface area contributed by atoms with Crippen LogP contribution in [-0.4, -0.2) is 45.6 Å². The van der Waals surface area contributed by atoms with Crippen LogP contribution in [0.4, 0.5) is 13.2 Å². The highest BCUT2D eigenvalue weighted by molar-refractivity contribution is 5.87. The van der Waals surface area contributed by atoms with Crippen molar-refractivity contribution in [3.63, 3.8) is 0 Å². The average Bonchev–Trinajstić information content (AvgIpc) is 3.23. The number of halogens is 3. The molecule has 11 heteroatoms. The third kappa shape index (κ3) is 5.89. The number of hydrogen-bond acceptors (Lipinski definition) is 6. The Balaban J connectivity index is 1.44. The lowest BCUT2D eigenvalue weighted by molar-refractivity contribution is -0.274. The van der Waals surface area contributed by atoms with Crippen LogP contribution in [0, 0.1) is 0 Å². The van der Waals surface area contributed by atoms with Crippen molar-refractivity contribution in [1.82, 2.24) is 15.0 Å². The minimum atomic E-state index is -4.73. The van der Waals surface area contributed by atoms with Crippen molar-refractivity contribution in [3.8, 4) is 17.4 Å². The molecule has 0 bridgehead atoms. The maximum Gasteiger partial charge on any atom is 0.573 e. The van der Waals surface area contributed by atoms with Gasteiger partial charge in [-0.1, -0.05) is 36.4 Å². The first kappa shape index (κ1) is 25.3. The Morgan fingerprint density at radius 1 is 1.08 bits per heavy atom. The van der Waals surface area contributed by atoms with Gasteiger partial charge in [-0.25, -0.2) is 9.48 Å². The summed E-state index contributed by atoms with van der Waals surface area (Å²) in [6.45, 7) is 2.33. The summed E-state index contributed by atoms with van der Waals surface area (Å²) in [6, 6.07) is 13.2. The number of carboxylic acids is 1. The van der Waals surface area contributed by atoms with Crippen molar-refractivity contribution < 1.29 is 37.3 Å². The number of carboxylic acid groups (broad SMARTS) is 1. The summed E-state index contributed by atoms with van der Waals surface area (Å²) in [5.74, 6) is -0.688. The number of benzene rings is 2. The molecule has 0 unspecified atom stereocenters. The highest BCUT2D eigenvalue weighted by atomic mass is 19.4. The molecular formula is C25H26F3N3O5. The van der Waals surface area contributed by atoms with Crippen LogP contribution in [-0.2, 0) is 12.0 Å². The van der Waals surface area contributed by atoms with E-state index in [1.54, 1.807) is 31.4 Å². The van der Waals surface area contributed by atoms with Crippen molar-refractivity contribution in [2.75, 3.05) is 7.11 Å². The molecule has 0 atom stereocenters. The van der Waals surface area contributed by atoms with Crippen molar-refractivity contribution >= 4 is 5.97 Å². The molecular weight excluding hydrogens is 479 g/mol. The van der Waals surface area contributed by atoms with Gasteiger partial charge in [0.15, 0.2) is 0 Å². The normalized spacial score (nSPS) is 20.1. The topological polar surface area (TPSA) is 95.7 Å². The van der Waals surface area contributed by atoms with Gasteiger partial charge in [0.05, 0.1) is 13.7 Å². The lowest BCUT2D eigenvalue weighted by atomic mass is 9.70. The molecule has 0 spiro atoms. The summed E-state index contributed by atoms with van der Waals surface area (Å²) in [4.78, 5) is 11.7. The predicted octanol–water partition coefficient (Wildman–Crippen LogP) is 5.21. The second-order valence-corrected chi connectivity index (χ2v) is 9.00. The Morgan fingerprint density at radius 3 is 2.25 bits per heavy atom. The molecule has 1 aromatic heterocycles. The molecule has 3 aromatic rings. The highest BCUT2D eigenvalue weighted by Gasteiger charge is 2.36. The van der Waals surface area contributed by atoms with E-state index in [0.717, 1.165) is 11.1 Å². The molecule has 1 fully saturated rings. The largest absolute Gasteiger partial charge is 0.573 e. The van der Waals surface area contributed by atoms with E-state index >= 15 is 0 Å². The molecule has 1 aliphatic carbocycles. The summed E-state index contributed by atoms with van der Waals surface area (Å²) >= 11 is 0. The van der Waals surface area contributed by atoms with Crippen LogP contribution in [0.15, 0.2) is 48.5 Å². The van der Waals surface area contributed by atoms with Crippen LogP contribution in [0.1, 0.15) is 54.2 Å². The third-order valence-electron chi connectivity index (χ3n) is 6.48. The number of aromatic nitrogens is 3. The van der Waals surface area contributed by atoms with Gasteiger partial charge in [-0.3, -0.25) is 0 Å². The van der Waals surface area contributed by atoms with E-state index in [0.29, 0.717) is 31.4 Å². The minimum absolute atomic E-state index is 0.0978. The molecule has 1 aliphatic rings. The van der Waals surface area contributed by atoms with Gasteiger partial charge in [-0.15, -0.1) is 18.3 Å². The maximum atomic E-state index is 12.4. The fourth-order valence-corrected chi connectivity index (χ4v) is 4.41. The van der Waals surface area contributed by atoms with Gasteiger partial charge in [-0.05, 0) is 66.5 Å². The first-order valence-electron chi connectivity index (χ1n) is 11.4. The Kier molecular flexibility index (Phi) is 7.09. The van der Waals surface area contributed by atoms with Crippen LogP contribution >= 0.6 is 0 Å². The number of ether oxygens (including phenoxy) is 3. The SMILES string of the molecule is COc1ccc(Cn2nnc(C(=O)O)c2OC2CCC(C)(c3ccc(OC(F)(F)F)cc3)CC2)cc1. The van der Waals surface area contributed by atoms with Crippen molar-refractivity contribution in [2.24, 2.45) is 0 Å². The molecule has 0 radical (unpaired) electrons. The lowest BCUT2D eigenvalue weighted by Gasteiger charge is -2.37. The fraction of sp³-hybridized carbons (Fsp3) is 0.400. The number of rotatable bonds is 8. The Bertz CT molecular complexity index is 1190. The molecule has 8 nitrogen and oxygen atoms in total. The molecule has 36 heavy (non-hydrogen) atoms. The van der Waals surface area contributed by atoms with Crippen molar-refractivity contribution in [3.05, 3.63) is 65.4 Å². The standard InChI is InChI=1S/C25H26F3N3O5/c1-24(17-5-9-20(10-6-17)36-25(26,27)28)13-11-19(12-14-24)35-22-21(23(32)33)29-30-31(22)15-16-3-7-18(34-2)8-4-16/h3-10,19H,11-15H2,1-2H3,(H,32,33). The molecule has 1 saturated carbocycles. The van der Waals surface area contributed by atoms with Gasteiger partial charge < -0.3 is 19.3 Å². The van der Waals surface area contributed by atoms with Gasteiger partial charge in [0.1, 0.15) is 17.6 Å². The molecule has 1 heterocycles. The number of nitrogens with zero attached hydrogens (tertiary/aromatic N) is 3. The second-order valence-electron chi connectivity index (χ2n) is 9.00. The Labute approximate surface area is 205 Å². The monoisotopic (exact) mass is 505 g/mol. The van der Waals surface area contributed by atoms with E-state index in [1.807, 2.05) is 12.1 Å². The first-order chi connectivity index (χ1) is 17.1. The molecule has 0 aliphatic heterocycles. The van der Waals surface area contributed by atoms with Crippen LogP contribution in [0.2, 0.25) is 0 Å². The van der Waals surface area contributed by atoms with Crippen LogP contribution < -0.4 is 14.2 Å². The van der Waals surface area contributed by atoms with Crippen molar-refractivity contribution in [2.45, 2.75) is 57.0 Å². The average molecular weight is 505 g/mol. The van der Waals surface area contributed by atoms with Gasteiger partial charge >= 0.3 is 12.3 Å². The predicted molar refractivity (Wildman–Crippen MR) is 122 cm³/mol. The maximum absolute atomic E-state index is 12.4. The fourth-order valence-electron chi connectivity index (χ4n) is 4.41. The van der Waals surface area contributed by atoms with E-state index in [-0.39, 0.29) is 35.4 Å². The van der Waals surface area contributed by atoms with Crippen molar-refractivity contribution in [1.29, 1.82) is 0 Å². The van der Waals surface area contributed by atoms with E-state index in [2.05, 4.69) is 22.0 Å². The molecule has 0 amide bonds. The summed E-state index contributed by atoms with van der Waals surface area (Å²) < 4.78 is 54.0. The van der Waals surface area contributed by atoms with E-state index < -0.39 is 12.3 Å². The quantitative estimate of drug-likeness (QED) is 0.449. The van der Waals surface area contributed by atoms with E-state index in [4.69, 9.17) is 9.47 Å². The summed E-state index contributed by atoms with van der Waals surface area (Å²) in [5, 5.41) is 17.4. The summed E-state index contributed by atoms with van der Waals surface area (Å²) in [7, 11) is 1.57. The number of alkyl halides is 3. The number of methoxy groups -OCH3 is 1. The van der Waals surface area contributed by atoms with E-state index in [9.17, 15) is 23.1 Å². The van der Waals surface area contributed by atoms with Crippen LogP contribution in [0.5, 0.6) is 17.4 Å². The third-order valence-corrected chi connectivity index (χ3v) is 6.48. The van der Waals surface area contributed by atoms with Gasteiger partial charge in [-0.2, -0.15) is 0 Å². The molecule has 0 saturated heterocycles. The minimum Gasteiger partial charge on any atom is -0.497 e. The van der Waals surface area contributed by atoms with Crippen LogP contribution in [0.25, 0.3) is 0 Å².